The Labute approximate surface area is 169 Å². The molecule has 2 heterocycles. The molecule has 29 heavy (non-hydrogen) atoms. The van der Waals surface area contributed by atoms with E-state index in [1.54, 1.807) is 20.9 Å². The molecule has 1 aromatic carbocycles. The highest BCUT2D eigenvalue weighted by Gasteiger charge is 2.19. The van der Waals surface area contributed by atoms with Crippen LogP contribution in [0.4, 0.5) is 5.69 Å². The molecule has 10 nitrogen and oxygen atoms in total. The number of benzene rings is 1. The third kappa shape index (κ3) is 4.49. The molecule has 3 aromatic rings. The smallest absolute Gasteiger partial charge is 0.331 e. The van der Waals surface area contributed by atoms with Gasteiger partial charge in [-0.2, -0.15) is 5.10 Å². The molecule has 0 fully saturated rings. The van der Waals surface area contributed by atoms with E-state index in [2.05, 4.69) is 15.3 Å². The van der Waals surface area contributed by atoms with Gasteiger partial charge in [-0.15, -0.1) is 10.2 Å². The Balaban J connectivity index is 1.66. The van der Waals surface area contributed by atoms with Gasteiger partial charge in [-0.05, 0) is 32.1 Å². The molecular weight excluding hydrogens is 402 g/mol. The minimum absolute atomic E-state index is 0.0495. The topological polar surface area (TPSA) is 126 Å². The van der Waals surface area contributed by atoms with E-state index in [-0.39, 0.29) is 17.5 Å². The van der Waals surface area contributed by atoms with Gasteiger partial charge in [-0.25, -0.2) is 4.79 Å². The predicted octanol–water partition coefficient (Wildman–Crippen LogP) is 3.66. The van der Waals surface area contributed by atoms with Crippen molar-refractivity contribution in [3.8, 4) is 11.5 Å². The van der Waals surface area contributed by atoms with E-state index >= 15 is 0 Å². The Morgan fingerprint density at radius 2 is 2.03 bits per heavy atom. The molecule has 0 aliphatic carbocycles. The summed E-state index contributed by atoms with van der Waals surface area (Å²) in [5.74, 6) is -0.367. The van der Waals surface area contributed by atoms with Crippen LogP contribution in [0.25, 0.3) is 17.5 Å². The Bertz CT molecular complexity index is 1090. The number of nitro benzene ring substituents is 1. The Morgan fingerprint density at radius 1 is 1.34 bits per heavy atom. The van der Waals surface area contributed by atoms with Gasteiger partial charge in [0.15, 0.2) is 6.10 Å². The Kier molecular flexibility index (Phi) is 5.74. The molecule has 0 saturated carbocycles. The molecule has 0 bridgehead atoms. The normalized spacial score (nSPS) is 12.3. The second-order valence-electron chi connectivity index (χ2n) is 6.08. The summed E-state index contributed by atoms with van der Waals surface area (Å²) in [7, 11) is 1.70. The van der Waals surface area contributed by atoms with Gasteiger partial charge in [-0.3, -0.25) is 14.8 Å². The lowest BCUT2D eigenvalue weighted by molar-refractivity contribution is -0.384. The molecule has 11 heteroatoms. The fourth-order valence-electron chi connectivity index (χ4n) is 2.49. The SMILES string of the molecule is Cc1nn(C)c(Cl)c1/C=C/C(=O)OC(C)c1nnc(-c2ccc([N+](=O)[O-])cc2)o1. The molecule has 0 aliphatic rings. The fourth-order valence-corrected chi connectivity index (χ4v) is 2.73. The number of hydrogen-bond donors (Lipinski definition) is 0. The van der Waals surface area contributed by atoms with Crippen LogP contribution in [0.5, 0.6) is 0 Å². The maximum absolute atomic E-state index is 12.1. The average molecular weight is 418 g/mol. The summed E-state index contributed by atoms with van der Waals surface area (Å²) in [6.45, 7) is 3.36. The molecular formula is C18H16ClN5O5. The molecule has 3 rings (SSSR count). The monoisotopic (exact) mass is 417 g/mol. The summed E-state index contributed by atoms with van der Waals surface area (Å²) < 4.78 is 12.3. The van der Waals surface area contributed by atoms with Gasteiger partial charge in [0, 0.05) is 36.4 Å². The van der Waals surface area contributed by atoms with Crippen LogP contribution in [-0.4, -0.2) is 30.9 Å². The van der Waals surface area contributed by atoms with E-state index in [4.69, 9.17) is 20.8 Å². The molecule has 0 radical (unpaired) electrons. The standard InChI is InChI=1S/C18H16ClN5O5/c1-10-14(16(19)23(3)22-10)8-9-15(25)28-11(2)17-20-21-18(29-17)12-4-6-13(7-5-12)24(26)27/h4-9,11H,1-3H3/b9-8+. The largest absolute Gasteiger partial charge is 0.449 e. The summed E-state index contributed by atoms with van der Waals surface area (Å²) in [5.41, 5.74) is 1.76. The van der Waals surface area contributed by atoms with Crippen molar-refractivity contribution >= 4 is 29.3 Å². The zero-order chi connectivity index (χ0) is 21.1. The van der Waals surface area contributed by atoms with E-state index in [9.17, 15) is 14.9 Å². The van der Waals surface area contributed by atoms with Crippen molar-refractivity contribution in [2.24, 2.45) is 7.05 Å². The average Bonchev–Trinajstić information content (AvgIpc) is 3.26. The van der Waals surface area contributed by atoms with Crippen molar-refractivity contribution in [2.45, 2.75) is 20.0 Å². The molecule has 150 valence electrons. The minimum atomic E-state index is -0.795. The van der Waals surface area contributed by atoms with Crippen LogP contribution in [0.15, 0.2) is 34.8 Å². The quantitative estimate of drug-likeness (QED) is 0.257. The highest BCUT2D eigenvalue weighted by molar-refractivity contribution is 6.31. The molecule has 0 amide bonds. The van der Waals surface area contributed by atoms with Crippen LogP contribution in [0.2, 0.25) is 5.15 Å². The number of non-ortho nitro benzene ring substituents is 1. The van der Waals surface area contributed by atoms with Crippen molar-refractivity contribution in [3.05, 3.63) is 62.8 Å². The van der Waals surface area contributed by atoms with Crippen molar-refractivity contribution in [1.82, 2.24) is 20.0 Å². The maximum atomic E-state index is 12.1. The zero-order valence-electron chi connectivity index (χ0n) is 15.7. The molecule has 1 unspecified atom stereocenters. The van der Waals surface area contributed by atoms with E-state index in [0.29, 0.717) is 22.0 Å². The first-order valence-electron chi connectivity index (χ1n) is 8.42. The number of esters is 1. The predicted molar refractivity (Wildman–Crippen MR) is 103 cm³/mol. The van der Waals surface area contributed by atoms with Crippen molar-refractivity contribution in [1.29, 1.82) is 0 Å². The Morgan fingerprint density at radius 3 is 2.62 bits per heavy atom. The van der Waals surface area contributed by atoms with E-state index in [0.717, 1.165) is 0 Å². The third-order valence-corrected chi connectivity index (χ3v) is 4.44. The number of nitrogens with zero attached hydrogens (tertiary/aromatic N) is 5. The number of ether oxygens (including phenoxy) is 1. The van der Waals surface area contributed by atoms with Crippen LogP contribution in [0, 0.1) is 17.0 Å². The van der Waals surface area contributed by atoms with Crippen LogP contribution < -0.4 is 0 Å². The summed E-state index contributed by atoms with van der Waals surface area (Å²) in [6.07, 6.45) is 1.97. The zero-order valence-corrected chi connectivity index (χ0v) is 16.5. The molecule has 0 N–H and O–H groups in total. The van der Waals surface area contributed by atoms with Crippen molar-refractivity contribution in [2.75, 3.05) is 0 Å². The first-order chi connectivity index (χ1) is 13.8. The second kappa shape index (κ2) is 8.23. The lowest BCUT2D eigenvalue weighted by Crippen LogP contribution is -2.06. The number of carbonyl (C=O) groups excluding carboxylic acids is 1. The molecule has 0 spiro atoms. The minimum Gasteiger partial charge on any atom is -0.449 e. The van der Waals surface area contributed by atoms with Gasteiger partial charge >= 0.3 is 5.97 Å². The number of aromatic nitrogens is 4. The summed E-state index contributed by atoms with van der Waals surface area (Å²) in [5, 5.41) is 23.0. The lowest BCUT2D eigenvalue weighted by Gasteiger charge is -2.06. The van der Waals surface area contributed by atoms with Crippen LogP contribution in [0.3, 0.4) is 0 Å². The van der Waals surface area contributed by atoms with Crippen LogP contribution >= 0.6 is 11.6 Å². The van der Waals surface area contributed by atoms with E-state index < -0.39 is 17.0 Å². The number of halogens is 1. The summed E-state index contributed by atoms with van der Waals surface area (Å²) >= 11 is 6.11. The van der Waals surface area contributed by atoms with Gasteiger partial charge in [0.05, 0.1) is 10.6 Å². The van der Waals surface area contributed by atoms with E-state index in [1.165, 1.54) is 41.1 Å². The first kappa shape index (κ1) is 20.2. The Hall–Kier alpha value is -3.53. The number of hydrogen-bond acceptors (Lipinski definition) is 8. The maximum Gasteiger partial charge on any atom is 0.331 e. The molecule has 1 atom stereocenters. The van der Waals surface area contributed by atoms with E-state index in [1.807, 2.05) is 0 Å². The summed E-state index contributed by atoms with van der Waals surface area (Å²) in [6, 6.07) is 5.65. The third-order valence-electron chi connectivity index (χ3n) is 3.99. The van der Waals surface area contributed by atoms with Gasteiger partial charge < -0.3 is 9.15 Å². The van der Waals surface area contributed by atoms with Crippen LogP contribution in [0.1, 0.15) is 30.2 Å². The number of rotatable bonds is 6. The molecule has 0 aliphatic heterocycles. The van der Waals surface area contributed by atoms with Crippen LogP contribution in [-0.2, 0) is 16.6 Å². The number of carbonyl (C=O) groups is 1. The number of nitro groups is 1. The highest BCUT2D eigenvalue weighted by atomic mass is 35.5. The molecule has 2 aromatic heterocycles. The summed E-state index contributed by atoms with van der Waals surface area (Å²) in [4.78, 5) is 22.3. The fraction of sp³-hybridized carbons (Fsp3) is 0.222. The van der Waals surface area contributed by atoms with Crippen molar-refractivity contribution < 1.29 is 18.9 Å². The molecule has 0 saturated heterocycles. The van der Waals surface area contributed by atoms with Gasteiger partial charge in [0.2, 0.25) is 5.89 Å². The number of aryl methyl sites for hydroxylation is 2. The van der Waals surface area contributed by atoms with Gasteiger partial charge in [0.1, 0.15) is 5.15 Å². The van der Waals surface area contributed by atoms with Gasteiger partial charge in [0.25, 0.3) is 11.6 Å². The van der Waals surface area contributed by atoms with Gasteiger partial charge in [-0.1, -0.05) is 11.6 Å². The lowest BCUT2D eigenvalue weighted by atomic mass is 10.2. The second-order valence-corrected chi connectivity index (χ2v) is 6.43. The van der Waals surface area contributed by atoms with Crippen molar-refractivity contribution in [3.63, 3.8) is 0 Å². The first-order valence-corrected chi connectivity index (χ1v) is 8.80. The highest BCUT2D eigenvalue weighted by Crippen LogP contribution is 2.25.